The lowest BCUT2D eigenvalue weighted by atomic mass is 10.1. The van der Waals surface area contributed by atoms with Gasteiger partial charge in [0.15, 0.2) is 0 Å². The molecule has 2 nitrogen and oxygen atoms in total. The molecule has 0 radical (unpaired) electrons. The Labute approximate surface area is 128 Å². The number of hydrogen-bond acceptors (Lipinski definition) is 2. The van der Waals surface area contributed by atoms with Gasteiger partial charge in [0.25, 0.3) is 0 Å². The van der Waals surface area contributed by atoms with Gasteiger partial charge < -0.3 is 10.4 Å². The molecule has 0 aliphatic carbocycles. The number of halogens is 4. The first kappa shape index (κ1) is 15.2. The molecule has 0 saturated carbocycles. The molecule has 6 heteroatoms. The van der Waals surface area contributed by atoms with Crippen molar-refractivity contribution in [1.29, 1.82) is 0 Å². The summed E-state index contributed by atoms with van der Waals surface area (Å²) in [7, 11) is 0. The molecule has 1 unspecified atom stereocenters. The van der Waals surface area contributed by atoms with Gasteiger partial charge in [-0.05, 0) is 40.2 Å². The van der Waals surface area contributed by atoms with Gasteiger partial charge in [0.05, 0.1) is 11.1 Å². The van der Waals surface area contributed by atoms with E-state index < -0.39 is 17.7 Å². The molecular weight excluding hydrogens is 352 g/mol. The third-order valence-electron chi connectivity index (χ3n) is 2.74. The van der Waals surface area contributed by atoms with Crippen LogP contribution in [0.4, 0.5) is 14.5 Å². The van der Waals surface area contributed by atoms with Gasteiger partial charge in [0.1, 0.15) is 11.6 Å². The highest BCUT2D eigenvalue weighted by atomic mass is 79.9. The maximum Gasteiger partial charge on any atom is 0.131 e. The predicted molar refractivity (Wildman–Crippen MR) is 79.0 cm³/mol. The molecule has 2 aromatic carbocycles. The van der Waals surface area contributed by atoms with Crippen LogP contribution in [0.3, 0.4) is 0 Å². The topological polar surface area (TPSA) is 32.3 Å². The van der Waals surface area contributed by atoms with Crippen LogP contribution in [0, 0.1) is 11.6 Å². The normalized spacial score (nSPS) is 12.2. The first-order valence-electron chi connectivity index (χ1n) is 5.79. The Hall–Kier alpha value is -1.17. The van der Waals surface area contributed by atoms with Crippen LogP contribution in [0.15, 0.2) is 40.9 Å². The van der Waals surface area contributed by atoms with Crippen LogP contribution < -0.4 is 5.32 Å². The Morgan fingerprint density at radius 2 is 1.95 bits per heavy atom. The molecule has 0 aromatic heterocycles. The summed E-state index contributed by atoms with van der Waals surface area (Å²) in [5.41, 5.74) is 0.773. The molecule has 0 fully saturated rings. The molecule has 20 heavy (non-hydrogen) atoms. The molecule has 1 atom stereocenters. The molecule has 0 heterocycles. The van der Waals surface area contributed by atoms with E-state index in [1.54, 1.807) is 18.2 Å². The summed E-state index contributed by atoms with van der Waals surface area (Å²) < 4.78 is 27.0. The van der Waals surface area contributed by atoms with Gasteiger partial charge >= 0.3 is 0 Å². The van der Waals surface area contributed by atoms with Gasteiger partial charge in [-0.3, -0.25) is 0 Å². The van der Waals surface area contributed by atoms with Crippen molar-refractivity contribution < 1.29 is 13.9 Å². The Balaban J connectivity index is 2.04. The highest BCUT2D eigenvalue weighted by Crippen LogP contribution is 2.26. The van der Waals surface area contributed by atoms with E-state index in [4.69, 9.17) is 11.6 Å². The summed E-state index contributed by atoms with van der Waals surface area (Å²) in [6.07, 6.45) is -1.08. The largest absolute Gasteiger partial charge is 0.386 e. The van der Waals surface area contributed by atoms with Crippen LogP contribution in [0.2, 0.25) is 5.02 Å². The lowest BCUT2D eigenvalue weighted by Crippen LogP contribution is -2.13. The molecule has 0 aliphatic heterocycles. The molecule has 0 saturated heterocycles. The Bertz CT molecular complexity index is 624. The first-order chi connectivity index (χ1) is 9.47. The Morgan fingerprint density at radius 3 is 2.60 bits per heavy atom. The summed E-state index contributed by atoms with van der Waals surface area (Å²) in [4.78, 5) is 0. The van der Waals surface area contributed by atoms with E-state index in [1.165, 1.54) is 6.07 Å². The standard InChI is InChI=1S/C14H11BrClF2NO/c15-11-6-9(2-4-12(11)16)19-7-14(20)10-3-1-8(17)5-13(10)18/h1-6,14,19-20H,7H2. The number of benzene rings is 2. The van der Waals surface area contributed by atoms with Crippen molar-refractivity contribution in [2.24, 2.45) is 0 Å². The van der Waals surface area contributed by atoms with Crippen molar-refractivity contribution in [3.63, 3.8) is 0 Å². The zero-order valence-electron chi connectivity index (χ0n) is 10.2. The summed E-state index contributed by atoms with van der Waals surface area (Å²) in [6, 6.07) is 8.27. The monoisotopic (exact) mass is 361 g/mol. The van der Waals surface area contributed by atoms with Gasteiger partial charge in [-0.2, -0.15) is 0 Å². The molecule has 106 valence electrons. The Morgan fingerprint density at radius 1 is 1.20 bits per heavy atom. The van der Waals surface area contributed by atoms with Crippen molar-refractivity contribution in [1.82, 2.24) is 0 Å². The number of hydrogen-bond donors (Lipinski definition) is 2. The number of aliphatic hydroxyl groups is 1. The summed E-state index contributed by atoms with van der Waals surface area (Å²) in [5.74, 6) is -1.44. The fourth-order valence-corrected chi connectivity index (χ4v) is 2.20. The van der Waals surface area contributed by atoms with E-state index in [2.05, 4.69) is 21.2 Å². The zero-order chi connectivity index (χ0) is 14.7. The average molecular weight is 363 g/mol. The third kappa shape index (κ3) is 3.69. The Kier molecular flexibility index (Phi) is 4.96. The first-order valence-corrected chi connectivity index (χ1v) is 6.96. The van der Waals surface area contributed by atoms with E-state index >= 15 is 0 Å². The molecule has 0 amide bonds. The van der Waals surface area contributed by atoms with Crippen molar-refractivity contribution in [3.05, 3.63) is 63.1 Å². The van der Waals surface area contributed by atoms with Crippen molar-refractivity contribution >= 4 is 33.2 Å². The number of anilines is 1. The predicted octanol–water partition coefficient (Wildman–Crippen LogP) is 4.53. The summed E-state index contributed by atoms with van der Waals surface area (Å²) in [6.45, 7) is 0.0939. The van der Waals surface area contributed by atoms with Gasteiger partial charge in [0, 0.05) is 28.3 Å². The highest BCUT2D eigenvalue weighted by Gasteiger charge is 2.13. The van der Waals surface area contributed by atoms with E-state index in [9.17, 15) is 13.9 Å². The third-order valence-corrected chi connectivity index (χ3v) is 3.95. The second-order valence-corrected chi connectivity index (χ2v) is 5.45. The van der Waals surface area contributed by atoms with E-state index in [-0.39, 0.29) is 12.1 Å². The molecule has 0 spiro atoms. The molecule has 2 N–H and O–H groups in total. The fraction of sp³-hybridized carbons (Fsp3) is 0.143. The van der Waals surface area contributed by atoms with Gasteiger partial charge in [0.2, 0.25) is 0 Å². The summed E-state index contributed by atoms with van der Waals surface area (Å²) in [5, 5.41) is 13.4. The average Bonchev–Trinajstić information content (AvgIpc) is 2.40. The lowest BCUT2D eigenvalue weighted by molar-refractivity contribution is 0.186. The molecule has 2 rings (SSSR count). The van der Waals surface area contributed by atoms with Crippen molar-refractivity contribution in [2.75, 3.05) is 11.9 Å². The molecule has 0 bridgehead atoms. The quantitative estimate of drug-likeness (QED) is 0.838. The SMILES string of the molecule is OC(CNc1ccc(Cl)c(Br)c1)c1ccc(F)cc1F. The van der Waals surface area contributed by atoms with Crippen LogP contribution >= 0.6 is 27.5 Å². The fourth-order valence-electron chi connectivity index (χ4n) is 1.70. The molecular formula is C14H11BrClF2NO. The van der Waals surface area contributed by atoms with E-state index in [0.29, 0.717) is 9.50 Å². The minimum atomic E-state index is -1.08. The van der Waals surface area contributed by atoms with E-state index in [1.807, 2.05) is 0 Å². The van der Waals surface area contributed by atoms with Crippen LogP contribution in [0.5, 0.6) is 0 Å². The maximum absolute atomic E-state index is 13.5. The summed E-state index contributed by atoms with van der Waals surface area (Å²) >= 11 is 9.15. The number of nitrogens with one attached hydrogen (secondary N) is 1. The minimum absolute atomic E-state index is 0.0481. The second-order valence-electron chi connectivity index (χ2n) is 4.19. The van der Waals surface area contributed by atoms with Gasteiger partial charge in [-0.15, -0.1) is 0 Å². The van der Waals surface area contributed by atoms with Gasteiger partial charge in [-0.1, -0.05) is 17.7 Å². The number of aliphatic hydroxyl groups excluding tert-OH is 1. The smallest absolute Gasteiger partial charge is 0.131 e. The molecule has 2 aromatic rings. The number of rotatable bonds is 4. The van der Waals surface area contributed by atoms with Gasteiger partial charge in [-0.25, -0.2) is 8.78 Å². The van der Waals surface area contributed by atoms with Crippen LogP contribution in [-0.4, -0.2) is 11.7 Å². The minimum Gasteiger partial charge on any atom is -0.386 e. The van der Waals surface area contributed by atoms with E-state index in [0.717, 1.165) is 17.8 Å². The van der Waals surface area contributed by atoms with Crippen LogP contribution in [0.25, 0.3) is 0 Å². The zero-order valence-corrected chi connectivity index (χ0v) is 12.5. The highest BCUT2D eigenvalue weighted by molar-refractivity contribution is 9.10. The van der Waals surface area contributed by atoms with Crippen LogP contribution in [0.1, 0.15) is 11.7 Å². The van der Waals surface area contributed by atoms with Crippen molar-refractivity contribution in [3.8, 4) is 0 Å². The van der Waals surface area contributed by atoms with Crippen LogP contribution in [-0.2, 0) is 0 Å². The second kappa shape index (κ2) is 6.52. The maximum atomic E-state index is 13.5. The van der Waals surface area contributed by atoms with Crippen molar-refractivity contribution in [2.45, 2.75) is 6.10 Å². The lowest BCUT2D eigenvalue weighted by Gasteiger charge is -2.14. The molecule has 0 aliphatic rings.